The minimum atomic E-state index is 0.585. The van der Waals surface area contributed by atoms with E-state index < -0.39 is 0 Å². The number of nitrogens with zero attached hydrogens (tertiary/aromatic N) is 2. The molecule has 15 heavy (non-hydrogen) atoms. The maximum Gasteiger partial charge on any atom is 0.0740 e. The SMILES string of the molecule is COCCN(CCC(N)=S)CCN(C)C. The number of methoxy groups -OCH3 is 1. The standard InChI is InChI=1S/C10H23N3OS/c1-12(2)6-7-13(8-9-14-3)5-4-10(11)15/h4-9H2,1-3H3,(H2,11,15). The summed E-state index contributed by atoms with van der Waals surface area (Å²) in [6.07, 6.45) is 0.784. The third kappa shape index (κ3) is 10.1. The number of hydrogen-bond donors (Lipinski definition) is 1. The average molecular weight is 233 g/mol. The first-order valence-corrected chi connectivity index (χ1v) is 5.61. The monoisotopic (exact) mass is 233 g/mol. The lowest BCUT2D eigenvalue weighted by molar-refractivity contribution is 0.144. The molecule has 0 atom stereocenters. The number of ether oxygens (including phenoxy) is 1. The molecule has 0 amide bonds. The molecule has 0 radical (unpaired) electrons. The molecular weight excluding hydrogens is 210 g/mol. The van der Waals surface area contributed by atoms with Crippen LogP contribution in [0.25, 0.3) is 0 Å². The molecular formula is C10H23N3OS. The van der Waals surface area contributed by atoms with Crippen molar-refractivity contribution in [3.05, 3.63) is 0 Å². The van der Waals surface area contributed by atoms with Crippen molar-refractivity contribution >= 4 is 17.2 Å². The first kappa shape index (κ1) is 14.8. The lowest BCUT2D eigenvalue weighted by Gasteiger charge is -2.23. The summed E-state index contributed by atoms with van der Waals surface area (Å²) in [6, 6.07) is 0. The van der Waals surface area contributed by atoms with Gasteiger partial charge in [0.1, 0.15) is 0 Å². The summed E-state index contributed by atoms with van der Waals surface area (Å²) in [7, 11) is 5.86. The van der Waals surface area contributed by atoms with Crippen molar-refractivity contribution in [1.29, 1.82) is 0 Å². The van der Waals surface area contributed by atoms with Crippen LogP contribution < -0.4 is 5.73 Å². The van der Waals surface area contributed by atoms with Gasteiger partial charge in [-0.05, 0) is 14.1 Å². The zero-order chi connectivity index (χ0) is 11.7. The number of likely N-dealkylation sites (N-methyl/N-ethyl adjacent to an activating group) is 1. The van der Waals surface area contributed by atoms with Crippen LogP contribution in [0.4, 0.5) is 0 Å². The fourth-order valence-electron chi connectivity index (χ4n) is 1.17. The molecule has 0 spiro atoms. The molecule has 0 rings (SSSR count). The highest BCUT2D eigenvalue weighted by Gasteiger charge is 2.05. The van der Waals surface area contributed by atoms with Crippen molar-refractivity contribution in [2.24, 2.45) is 5.73 Å². The Morgan fingerprint density at radius 1 is 1.20 bits per heavy atom. The van der Waals surface area contributed by atoms with Gasteiger partial charge >= 0.3 is 0 Å². The van der Waals surface area contributed by atoms with Crippen LogP contribution in [0.1, 0.15) is 6.42 Å². The zero-order valence-corrected chi connectivity index (χ0v) is 10.8. The van der Waals surface area contributed by atoms with Crippen LogP contribution in [0, 0.1) is 0 Å². The highest BCUT2D eigenvalue weighted by molar-refractivity contribution is 7.80. The average Bonchev–Trinajstić information content (AvgIpc) is 2.16. The molecule has 90 valence electrons. The van der Waals surface area contributed by atoms with Crippen LogP contribution in [0.2, 0.25) is 0 Å². The van der Waals surface area contributed by atoms with Gasteiger partial charge in [0.15, 0.2) is 0 Å². The van der Waals surface area contributed by atoms with Gasteiger partial charge in [0.25, 0.3) is 0 Å². The summed E-state index contributed by atoms with van der Waals surface area (Å²) in [6.45, 7) is 4.68. The number of thiocarbonyl (C=S) groups is 1. The Bertz CT molecular complexity index is 176. The lowest BCUT2D eigenvalue weighted by atomic mass is 10.3. The maximum absolute atomic E-state index is 5.49. The summed E-state index contributed by atoms with van der Waals surface area (Å²) in [5.41, 5.74) is 5.49. The van der Waals surface area contributed by atoms with E-state index in [1.165, 1.54) is 0 Å². The van der Waals surface area contributed by atoms with E-state index in [0.717, 1.165) is 39.2 Å². The minimum absolute atomic E-state index is 0.585. The lowest BCUT2D eigenvalue weighted by Crippen LogP contribution is -2.36. The molecule has 5 heteroatoms. The van der Waals surface area contributed by atoms with Crippen molar-refractivity contribution in [3.63, 3.8) is 0 Å². The minimum Gasteiger partial charge on any atom is -0.393 e. The Kier molecular flexibility index (Phi) is 8.89. The molecule has 0 saturated carbocycles. The molecule has 0 unspecified atom stereocenters. The van der Waals surface area contributed by atoms with E-state index in [-0.39, 0.29) is 0 Å². The Balaban J connectivity index is 3.77. The Hall–Kier alpha value is -0.230. The van der Waals surface area contributed by atoms with Crippen molar-refractivity contribution in [2.75, 3.05) is 54.0 Å². The van der Waals surface area contributed by atoms with Crippen LogP contribution in [0.3, 0.4) is 0 Å². The molecule has 0 aromatic heterocycles. The Morgan fingerprint density at radius 3 is 2.33 bits per heavy atom. The summed E-state index contributed by atoms with van der Waals surface area (Å²) in [5.74, 6) is 0. The van der Waals surface area contributed by atoms with Gasteiger partial charge < -0.3 is 15.4 Å². The molecule has 0 aliphatic heterocycles. The number of rotatable bonds is 9. The molecule has 0 aliphatic carbocycles. The van der Waals surface area contributed by atoms with E-state index in [2.05, 4.69) is 23.9 Å². The molecule has 0 aliphatic rings. The highest BCUT2D eigenvalue weighted by Crippen LogP contribution is 1.93. The van der Waals surface area contributed by atoms with E-state index in [1.807, 2.05) is 0 Å². The van der Waals surface area contributed by atoms with E-state index in [9.17, 15) is 0 Å². The van der Waals surface area contributed by atoms with Crippen molar-refractivity contribution in [3.8, 4) is 0 Å². The van der Waals surface area contributed by atoms with Gasteiger partial charge in [-0.3, -0.25) is 4.90 Å². The number of hydrogen-bond acceptors (Lipinski definition) is 4. The Morgan fingerprint density at radius 2 is 1.87 bits per heavy atom. The molecule has 2 N–H and O–H groups in total. The predicted octanol–water partition coefficient (Wildman–Crippen LogP) is 0.173. The van der Waals surface area contributed by atoms with Gasteiger partial charge in [-0.2, -0.15) is 0 Å². The molecule has 0 saturated heterocycles. The quantitative estimate of drug-likeness (QED) is 0.575. The fourth-order valence-corrected chi connectivity index (χ4v) is 1.26. The first-order valence-electron chi connectivity index (χ1n) is 5.20. The van der Waals surface area contributed by atoms with Crippen LogP contribution in [-0.4, -0.2) is 68.8 Å². The molecule has 0 heterocycles. The third-order valence-electron chi connectivity index (χ3n) is 2.15. The van der Waals surface area contributed by atoms with Crippen molar-refractivity contribution in [2.45, 2.75) is 6.42 Å². The summed E-state index contributed by atoms with van der Waals surface area (Å²) >= 11 is 4.87. The third-order valence-corrected chi connectivity index (χ3v) is 2.35. The van der Waals surface area contributed by atoms with E-state index >= 15 is 0 Å². The van der Waals surface area contributed by atoms with Gasteiger partial charge in [0, 0.05) is 39.7 Å². The van der Waals surface area contributed by atoms with Gasteiger partial charge in [-0.25, -0.2) is 0 Å². The second kappa shape index (κ2) is 9.03. The first-order chi connectivity index (χ1) is 7.06. The summed E-state index contributed by atoms with van der Waals surface area (Å²) < 4.78 is 5.07. The largest absolute Gasteiger partial charge is 0.393 e. The molecule has 4 nitrogen and oxygen atoms in total. The Labute approximate surface area is 98.4 Å². The second-order valence-electron chi connectivity index (χ2n) is 3.85. The van der Waals surface area contributed by atoms with E-state index in [1.54, 1.807) is 7.11 Å². The molecule has 0 aromatic rings. The fraction of sp³-hybridized carbons (Fsp3) is 0.900. The molecule has 0 fully saturated rings. The predicted molar refractivity (Wildman–Crippen MR) is 68.3 cm³/mol. The molecule has 0 bridgehead atoms. The van der Waals surface area contributed by atoms with Gasteiger partial charge in [-0.1, -0.05) is 12.2 Å². The van der Waals surface area contributed by atoms with Crippen molar-refractivity contribution < 1.29 is 4.74 Å². The second-order valence-corrected chi connectivity index (χ2v) is 4.38. The van der Waals surface area contributed by atoms with Gasteiger partial charge in [0.05, 0.1) is 11.6 Å². The van der Waals surface area contributed by atoms with Gasteiger partial charge in [-0.15, -0.1) is 0 Å². The van der Waals surface area contributed by atoms with Crippen LogP contribution in [0.15, 0.2) is 0 Å². The van der Waals surface area contributed by atoms with E-state index in [4.69, 9.17) is 22.7 Å². The summed E-state index contributed by atoms with van der Waals surface area (Å²) in [4.78, 5) is 5.07. The highest BCUT2D eigenvalue weighted by atomic mass is 32.1. The maximum atomic E-state index is 5.49. The number of nitrogens with two attached hydrogens (primary N) is 1. The normalized spacial score (nSPS) is 11.3. The zero-order valence-electron chi connectivity index (χ0n) is 10.0. The van der Waals surface area contributed by atoms with E-state index in [0.29, 0.717) is 4.99 Å². The molecule has 0 aromatic carbocycles. The topological polar surface area (TPSA) is 41.7 Å². The van der Waals surface area contributed by atoms with Crippen LogP contribution in [-0.2, 0) is 4.74 Å². The summed E-state index contributed by atoms with van der Waals surface area (Å²) in [5, 5.41) is 0. The van der Waals surface area contributed by atoms with Gasteiger partial charge in [0.2, 0.25) is 0 Å². The van der Waals surface area contributed by atoms with Crippen LogP contribution >= 0.6 is 12.2 Å². The van der Waals surface area contributed by atoms with Crippen molar-refractivity contribution in [1.82, 2.24) is 9.80 Å². The van der Waals surface area contributed by atoms with Crippen LogP contribution in [0.5, 0.6) is 0 Å². The smallest absolute Gasteiger partial charge is 0.0740 e.